The van der Waals surface area contributed by atoms with Gasteiger partial charge in [-0.25, -0.2) is 17.2 Å². The highest BCUT2D eigenvalue weighted by atomic mass is 32.2. The van der Waals surface area contributed by atoms with Crippen LogP contribution < -0.4 is 9.47 Å². The van der Waals surface area contributed by atoms with Crippen LogP contribution in [0.25, 0.3) is 0 Å². The highest BCUT2D eigenvalue weighted by Crippen LogP contribution is 2.25. The zero-order valence-electron chi connectivity index (χ0n) is 16.3. The van der Waals surface area contributed by atoms with Crippen molar-refractivity contribution >= 4 is 16.0 Å². The molecule has 1 aromatic heterocycles. The summed E-state index contributed by atoms with van der Waals surface area (Å²) in [5.74, 6) is 0.512. The second kappa shape index (κ2) is 8.40. The van der Waals surface area contributed by atoms with E-state index >= 15 is 0 Å². The number of esters is 1. The number of aromatic nitrogens is 1. The lowest BCUT2D eigenvalue weighted by atomic mass is 10.2. The largest absolute Gasteiger partial charge is 0.497 e. The number of carbonyl (C=O) groups is 1. The van der Waals surface area contributed by atoms with Gasteiger partial charge in [-0.3, -0.25) is 0 Å². The lowest BCUT2D eigenvalue weighted by Crippen LogP contribution is -2.11. The Bertz CT molecular complexity index is 1120. The van der Waals surface area contributed by atoms with Gasteiger partial charge in [0, 0.05) is 18.0 Å². The van der Waals surface area contributed by atoms with Crippen molar-refractivity contribution in [3.63, 3.8) is 0 Å². The lowest BCUT2D eigenvalue weighted by Gasteiger charge is -2.10. The van der Waals surface area contributed by atoms with E-state index in [0.717, 1.165) is 9.54 Å². The van der Waals surface area contributed by atoms with Crippen molar-refractivity contribution < 1.29 is 27.4 Å². The Kier molecular flexibility index (Phi) is 5.93. The number of hydrogen-bond donors (Lipinski definition) is 0. The highest BCUT2D eigenvalue weighted by Gasteiger charge is 2.19. The van der Waals surface area contributed by atoms with Crippen LogP contribution in [0, 0.1) is 6.92 Å². The zero-order valence-corrected chi connectivity index (χ0v) is 17.1. The van der Waals surface area contributed by atoms with Gasteiger partial charge in [-0.05, 0) is 43.3 Å². The Balaban J connectivity index is 1.75. The Labute approximate surface area is 169 Å². The van der Waals surface area contributed by atoms with Gasteiger partial charge < -0.3 is 14.2 Å². The van der Waals surface area contributed by atoms with Gasteiger partial charge in [-0.2, -0.15) is 0 Å². The number of ether oxygens (including phenoxy) is 3. The van der Waals surface area contributed by atoms with Gasteiger partial charge in [0.1, 0.15) is 18.1 Å². The molecule has 0 fully saturated rings. The Morgan fingerprint density at radius 3 is 2.38 bits per heavy atom. The molecule has 0 atom stereocenters. The van der Waals surface area contributed by atoms with Gasteiger partial charge >= 0.3 is 5.97 Å². The molecule has 7 nitrogen and oxygen atoms in total. The van der Waals surface area contributed by atoms with Crippen molar-refractivity contribution in [3.8, 4) is 11.5 Å². The molecule has 3 rings (SSSR count). The van der Waals surface area contributed by atoms with Crippen molar-refractivity contribution in [2.75, 3.05) is 14.2 Å². The molecule has 0 radical (unpaired) electrons. The van der Waals surface area contributed by atoms with Gasteiger partial charge in [-0.1, -0.05) is 17.7 Å². The molecule has 0 saturated heterocycles. The first-order valence-electron chi connectivity index (χ1n) is 8.73. The van der Waals surface area contributed by atoms with Gasteiger partial charge in [0.2, 0.25) is 0 Å². The highest BCUT2D eigenvalue weighted by molar-refractivity contribution is 7.90. The van der Waals surface area contributed by atoms with Crippen molar-refractivity contribution in [2.45, 2.75) is 18.4 Å². The molecular formula is C21H21NO6S. The Morgan fingerprint density at radius 2 is 1.72 bits per heavy atom. The number of nitrogens with zero attached hydrogens (tertiary/aromatic N) is 1. The fourth-order valence-electron chi connectivity index (χ4n) is 2.70. The molecule has 0 spiro atoms. The van der Waals surface area contributed by atoms with E-state index < -0.39 is 16.0 Å². The number of carbonyl (C=O) groups excluding carboxylic acids is 1. The molecule has 0 unspecified atom stereocenters. The molecule has 0 amide bonds. The Morgan fingerprint density at radius 1 is 1.00 bits per heavy atom. The third kappa shape index (κ3) is 4.43. The molecule has 0 bridgehead atoms. The van der Waals surface area contributed by atoms with Crippen molar-refractivity contribution in [2.24, 2.45) is 0 Å². The predicted molar refractivity (Wildman–Crippen MR) is 107 cm³/mol. The summed E-state index contributed by atoms with van der Waals surface area (Å²) < 4.78 is 42.1. The van der Waals surface area contributed by atoms with E-state index in [0.29, 0.717) is 17.1 Å². The summed E-state index contributed by atoms with van der Waals surface area (Å²) in [4.78, 5) is 12.5. The summed E-state index contributed by atoms with van der Waals surface area (Å²) in [7, 11) is -0.729. The number of aryl methyl sites for hydroxylation is 1. The summed E-state index contributed by atoms with van der Waals surface area (Å²) in [5.41, 5.74) is 1.71. The van der Waals surface area contributed by atoms with Crippen molar-refractivity contribution in [1.29, 1.82) is 0 Å². The maximum atomic E-state index is 12.7. The molecule has 0 N–H and O–H groups in total. The molecule has 0 aliphatic rings. The first-order valence-corrected chi connectivity index (χ1v) is 10.2. The van der Waals surface area contributed by atoms with E-state index in [1.807, 2.05) is 6.92 Å². The molecule has 2 aromatic carbocycles. The number of benzene rings is 2. The SMILES string of the molecule is COc1ccc(OC)c(COC(=O)c2ccn(S(=O)(=O)c3ccc(C)cc3)c2)c1. The van der Waals surface area contributed by atoms with Crippen LogP contribution in [0.15, 0.2) is 65.8 Å². The summed E-state index contributed by atoms with van der Waals surface area (Å²) in [6.45, 7) is 1.83. The third-order valence-corrected chi connectivity index (χ3v) is 6.00. The average molecular weight is 415 g/mol. The number of rotatable bonds is 7. The summed E-state index contributed by atoms with van der Waals surface area (Å²) in [6, 6.07) is 13.0. The topological polar surface area (TPSA) is 83.8 Å². The second-order valence-corrected chi connectivity index (χ2v) is 8.15. The quantitative estimate of drug-likeness (QED) is 0.550. The second-order valence-electron chi connectivity index (χ2n) is 6.30. The summed E-state index contributed by atoms with van der Waals surface area (Å²) >= 11 is 0. The van der Waals surface area contributed by atoms with Crippen LogP contribution in [-0.4, -0.2) is 32.6 Å². The van der Waals surface area contributed by atoms with Crippen LogP contribution in [-0.2, 0) is 21.4 Å². The van der Waals surface area contributed by atoms with Gasteiger partial charge in [0.25, 0.3) is 10.0 Å². The van der Waals surface area contributed by atoms with Crippen LogP contribution in [0.4, 0.5) is 0 Å². The summed E-state index contributed by atoms with van der Waals surface area (Å²) in [5, 5.41) is 0. The number of methoxy groups -OCH3 is 2. The van der Waals surface area contributed by atoms with E-state index in [9.17, 15) is 13.2 Å². The third-order valence-electron chi connectivity index (χ3n) is 4.35. The van der Waals surface area contributed by atoms with E-state index in [1.165, 1.54) is 44.8 Å². The fraction of sp³-hybridized carbons (Fsp3) is 0.190. The first-order chi connectivity index (χ1) is 13.8. The van der Waals surface area contributed by atoms with Gasteiger partial charge in [0.05, 0.1) is 24.7 Å². The van der Waals surface area contributed by atoms with Gasteiger partial charge in [0.15, 0.2) is 0 Å². The van der Waals surface area contributed by atoms with Crippen LogP contribution in [0.5, 0.6) is 11.5 Å². The predicted octanol–water partition coefficient (Wildman–Crippen LogP) is 3.41. The monoisotopic (exact) mass is 415 g/mol. The first kappa shape index (κ1) is 20.5. The maximum absolute atomic E-state index is 12.7. The zero-order chi connectivity index (χ0) is 21.0. The number of hydrogen-bond acceptors (Lipinski definition) is 6. The van der Waals surface area contributed by atoms with Crippen LogP contribution in [0.1, 0.15) is 21.5 Å². The maximum Gasteiger partial charge on any atom is 0.340 e. The van der Waals surface area contributed by atoms with E-state index in [4.69, 9.17) is 14.2 Å². The normalized spacial score (nSPS) is 11.1. The van der Waals surface area contributed by atoms with E-state index in [1.54, 1.807) is 30.3 Å². The smallest absolute Gasteiger partial charge is 0.340 e. The standard InChI is InChI=1S/C21H21NO6S/c1-15-4-7-19(8-5-15)29(24,25)22-11-10-16(13-22)21(23)28-14-17-12-18(26-2)6-9-20(17)27-3/h4-13H,14H2,1-3H3. The molecule has 3 aromatic rings. The molecule has 152 valence electrons. The minimum Gasteiger partial charge on any atom is -0.497 e. The van der Waals surface area contributed by atoms with Crippen LogP contribution >= 0.6 is 0 Å². The molecule has 0 aliphatic heterocycles. The van der Waals surface area contributed by atoms with Crippen LogP contribution in [0.3, 0.4) is 0 Å². The fourth-order valence-corrected chi connectivity index (χ4v) is 3.90. The Hall–Kier alpha value is -3.26. The summed E-state index contributed by atoms with van der Waals surface area (Å²) in [6.07, 6.45) is 2.55. The van der Waals surface area contributed by atoms with E-state index in [2.05, 4.69) is 0 Å². The molecule has 8 heteroatoms. The van der Waals surface area contributed by atoms with Gasteiger partial charge in [-0.15, -0.1) is 0 Å². The molecule has 0 saturated carbocycles. The van der Waals surface area contributed by atoms with E-state index in [-0.39, 0.29) is 17.1 Å². The molecular weight excluding hydrogens is 394 g/mol. The molecule has 0 aliphatic carbocycles. The molecule has 1 heterocycles. The minimum atomic E-state index is -3.78. The molecule has 29 heavy (non-hydrogen) atoms. The minimum absolute atomic E-state index is 0.0465. The lowest BCUT2D eigenvalue weighted by molar-refractivity contribution is 0.0470. The van der Waals surface area contributed by atoms with Crippen LogP contribution in [0.2, 0.25) is 0 Å². The average Bonchev–Trinajstić information content (AvgIpc) is 3.23. The van der Waals surface area contributed by atoms with Crippen molar-refractivity contribution in [3.05, 3.63) is 77.6 Å². The van der Waals surface area contributed by atoms with Crippen molar-refractivity contribution in [1.82, 2.24) is 3.97 Å².